The summed E-state index contributed by atoms with van der Waals surface area (Å²) in [6, 6.07) is 0.815. The van der Waals surface area contributed by atoms with Gasteiger partial charge >= 0.3 is 5.97 Å². The molecule has 0 bridgehead atoms. The largest absolute Gasteiger partial charge is 0.480 e. The SMILES string of the molecule is Cl.N[C@H](Cc1c(F)cc(Br)cc1F)C(=O)O. The number of carboxylic acid groups (broad SMARTS) is 1. The molecule has 0 heterocycles. The molecule has 7 heteroatoms. The second-order valence-corrected chi connectivity index (χ2v) is 3.91. The van der Waals surface area contributed by atoms with Gasteiger partial charge in [-0.15, -0.1) is 12.4 Å². The van der Waals surface area contributed by atoms with E-state index in [4.69, 9.17) is 10.8 Å². The van der Waals surface area contributed by atoms with Crippen molar-refractivity contribution in [3.8, 4) is 0 Å². The lowest BCUT2D eigenvalue weighted by atomic mass is 10.1. The Labute approximate surface area is 105 Å². The third-order valence-corrected chi connectivity index (χ3v) is 2.30. The zero-order valence-electron chi connectivity index (χ0n) is 7.91. The molecule has 1 aromatic rings. The van der Waals surface area contributed by atoms with Crippen molar-refractivity contribution < 1.29 is 18.7 Å². The Hall–Kier alpha value is -0.720. The Balaban J connectivity index is 0.00000225. The van der Waals surface area contributed by atoms with Crippen molar-refractivity contribution in [2.24, 2.45) is 5.73 Å². The van der Waals surface area contributed by atoms with Crippen LogP contribution >= 0.6 is 28.3 Å². The van der Waals surface area contributed by atoms with E-state index in [0.29, 0.717) is 0 Å². The quantitative estimate of drug-likeness (QED) is 0.897. The van der Waals surface area contributed by atoms with Crippen LogP contribution < -0.4 is 5.73 Å². The summed E-state index contributed by atoms with van der Waals surface area (Å²) in [5, 5.41) is 8.50. The van der Waals surface area contributed by atoms with E-state index in [2.05, 4.69) is 15.9 Å². The van der Waals surface area contributed by atoms with Crippen LogP contribution in [0.25, 0.3) is 0 Å². The summed E-state index contributed by atoms with van der Waals surface area (Å²) >= 11 is 2.91. The summed E-state index contributed by atoms with van der Waals surface area (Å²) in [5.74, 6) is -2.91. The molecule has 0 fully saturated rings. The van der Waals surface area contributed by atoms with Gasteiger partial charge in [0.15, 0.2) is 0 Å². The number of halogens is 4. The monoisotopic (exact) mass is 315 g/mol. The maximum Gasteiger partial charge on any atom is 0.320 e. The topological polar surface area (TPSA) is 63.3 Å². The van der Waals surface area contributed by atoms with Crippen molar-refractivity contribution in [2.45, 2.75) is 12.5 Å². The predicted octanol–water partition coefficient (Wildman–Crippen LogP) is 2.10. The predicted molar refractivity (Wildman–Crippen MR) is 60.6 cm³/mol. The highest BCUT2D eigenvalue weighted by Crippen LogP contribution is 2.20. The fraction of sp³-hybridized carbons (Fsp3) is 0.222. The smallest absolute Gasteiger partial charge is 0.320 e. The number of aliphatic carboxylic acids is 1. The van der Waals surface area contributed by atoms with Gasteiger partial charge in [-0.2, -0.15) is 0 Å². The van der Waals surface area contributed by atoms with Crippen molar-refractivity contribution in [3.63, 3.8) is 0 Å². The van der Waals surface area contributed by atoms with E-state index in [0.717, 1.165) is 12.1 Å². The van der Waals surface area contributed by atoms with Crippen molar-refractivity contribution in [2.75, 3.05) is 0 Å². The minimum absolute atomic E-state index is 0. The molecule has 0 saturated heterocycles. The first-order chi connectivity index (χ1) is 6.91. The Morgan fingerprint density at radius 3 is 2.25 bits per heavy atom. The van der Waals surface area contributed by atoms with E-state index in [1.54, 1.807) is 0 Å². The highest BCUT2D eigenvalue weighted by atomic mass is 79.9. The zero-order valence-corrected chi connectivity index (χ0v) is 10.3. The van der Waals surface area contributed by atoms with Gasteiger partial charge < -0.3 is 10.8 Å². The molecule has 0 aliphatic carbocycles. The first-order valence-electron chi connectivity index (χ1n) is 4.03. The molecular weight excluding hydrogens is 307 g/mol. The molecule has 1 aromatic carbocycles. The molecule has 0 radical (unpaired) electrons. The Bertz CT molecular complexity index is 380. The minimum Gasteiger partial charge on any atom is -0.480 e. The van der Waals surface area contributed by atoms with Gasteiger partial charge in [-0.1, -0.05) is 15.9 Å². The van der Waals surface area contributed by atoms with Gasteiger partial charge in [0.05, 0.1) is 0 Å². The number of hydrogen-bond acceptors (Lipinski definition) is 2. The molecule has 0 unspecified atom stereocenters. The number of rotatable bonds is 3. The van der Waals surface area contributed by atoms with E-state index in [9.17, 15) is 13.6 Å². The second kappa shape index (κ2) is 6.12. The Morgan fingerprint density at radius 1 is 1.44 bits per heavy atom. The van der Waals surface area contributed by atoms with Gasteiger partial charge in [0.1, 0.15) is 17.7 Å². The fourth-order valence-corrected chi connectivity index (χ4v) is 1.48. The zero-order chi connectivity index (χ0) is 11.6. The minimum atomic E-state index is -1.31. The van der Waals surface area contributed by atoms with E-state index in [1.165, 1.54) is 0 Å². The van der Waals surface area contributed by atoms with Crippen LogP contribution in [0.15, 0.2) is 16.6 Å². The molecule has 0 saturated carbocycles. The third-order valence-electron chi connectivity index (χ3n) is 1.85. The highest BCUT2D eigenvalue weighted by Gasteiger charge is 2.18. The van der Waals surface area contributed by atoms with Gasteiger partial charge in [-0.25, -0.2) is 8.78 Å². The number of nitrogens with two attached hydrogens (primary N) is 1. The van der Waals surface area contributed by atoms with E-state index in [-0.39, 0.29) is 28.9 Å². The number of carbonyl (C=O) groups is 1. The molecule has 0 spiro atoms. The summed E-state index contributed by atoms with van der Waals surface area (Å²) in [4.78, 5) is 10.4. The van der Waals surface area contributed by atoms with Gasteiger partial charge in [0, 0.05) is 16.5 Å². The van der Waals surface area contributed by atoms with Gasteiger partial charge in [-0.3, -0.25) is 4.79 Å². The average Bonchev–Trinajstić information content (AvgIpc) is 2.10. The van der Waals surface area contributed by atoms with Crippen LogP contribution in [-0.2, 0) is 11.2 Å². The van der Waals surface area contributed by atoms with Crippen LogP contribution in [-0.4, -0.2) is 17.1 Å². The molecule has 1 rings (SSSR count). The molecule has 16 heavy (non-hydrogen) atoms. The maximum absolute atomic E-state index is 13.2. The maximum atomic E-state index is 13.2. The van der Waals surface area contributed by atoms with Crippen LogP contribution in [0, 0.1) is 11.6 Å². The number of hydrogen-bond donors (Lipinski definition) is 2. The molecule has 0 aliphatic heterocycles. The summed E-state index contributed by atoms with van der Waals surface area (Å²) in [5.41, 5.74) is 4.87. The lowest BCUT2D eigenvalue weighted by molar-refractivity contribution is -0.138. The molecule has 0 amide bonds. The lowest BCUT2D eigenvalue weighted by Gasteiger charge is -2.08. The summed E-state index contributed by atoms with van der Waals surface area (Å²) in [6.07, 6.45) is -0.375. The number of carboxylic acids is 1. The fourth-order valence-electron chi connectivity index (χ4n) is 1.07. The second-order valence-electron chi connectivity index (χ2n) is 3.00. The Kier molecular flexibility index (Phi) is 5.85. The normalized spacial score (nSPS) is 11.8. The van der Waals surface area contributed by atoms with Crippen LogP contribution in [0.2, 0.25) is 0 Å². The van der Waals surface area contributed by atoms with Gasteiger partial charge in [-0.05, 0) is 12.1 Å². The standard InChI is InChI=1S/C9H8BrF2NO2.ClH/c10-4-1-6(11)5(7(12)2-4)3-8(13)9(14)15;/h1-2,8H,3,13H2,(H,14,15);1H/t8-;/m1./s1. The average molecular weight is 317 g/mol. The highest BCUT2D eigenvalue weighted by molar-refractivity contribution is 9.10. The third kappa shape index (κ3) is 3.70. The summed E-state index contributed by atoms with van der Waals surface area (Å²) in [6.45, 7) is 0. The van der Waals surface area contributed by atoms with Crippen molar-refractivity contribution in [3.05, 3.63) is 33.8 Å². The molecule has 0 aromatic heterocycles. The first-order valence-corrected chi connectivity index (χ1v) is 4.83. The molecule has 90 valence electrons. The van der Waals surface area contributed by atoms with Crippen LogP contribution in [0.4, 0.5) is 8.78 Å². The van der Waals surface area contributed by atoms with Crippen LogP contribution in [0.3, 0.4) is 0 Å². The van der Waals surface area contributed by atoms with Crippen molar-refractivity contribution in [1.82, 2.24) is 0 Å². The van der Waals surface area contributed by atoms with E-state index in [1.807, 2.05) is 0 Å². The van der Waals surface area contributed by atoms with Crippen molar-refractivity contribution >= 4 is 34.3 Å². The van der Waals surface area contributed by atoms with Gasteiger partial charge in [0.25, 0.3) is 0 Å². The Morgan fingerprint density at radius 2 is 1.88 bits per heavy atom. The van der Waals surface area contributed by atoms with Crippen molar-refractivity contribution in [1.29, 1.82) is 0 Å². The van der Waals surface area contributed by atoms with E-state index < -0.39 is 23.6 Å². The molecular formula is C9H9BrClF2NO2. The molecule has 1 atom stereocenters. The lowest BCUT2D eigenvalue weighted by Crippen LogP contribution is -2.32. The van der Waals surface area contributed by atoms with Crippen LogP contribution in [0.1, 0.15) is 5.56 Å². The first kappa shape index (κ1) is 15.3. The van der Waals surface area contributed by atoms with E-state index >= 15 is 0 Å². The summed E-state index contributed by atoms with van der Waals surface area (Å²) in [7, 11) is 0. The molecule has 0 aliphatic rings. The molecule has 3 nitrogen and oxygen atoms in total. The van der Waals surface area contributed by atoms with Crippen LogP contribution in [0.5, 0.6) is 0 Å². The summed E-state index contributed by atoms with van der Waals surface area (Å²) < 4.78 is 26.7. The molecule has 3 N–H and O–H groups in total. The van der Waals surface area contributed by atoms with Gasteiger partial charge in [0.2, 0.25) is 0 Å². The number of benzene rings is 1.